The van der Waals surface area contributed by atoms with E-state index in [1.807, 2.05) is 30.6 Å². The van der Waals surface area contributed by atoms with Crippen LogP contribution in [0.4, 0.5) is 5.69 Å². The van der Waals surface area contributed by atoms with E-state index >= 15 is 0 Å². The Balaban J connectivity index is 1.56. The summed E-state index contributed by atoms with van der Waals surface area (Å²) in [5, 5.41) is 5.80. The van der Waals surface area contributed by atoms with Gasteiger partial charge in [0, 0.05) is 35.4 Å². The number of nitrogens with zero attached hydrogens (tertiary/aromatic N) is 2. The van der Waals surface area contributed by atoms with E-state index in [4.69, 9.17) is 0 Å². The Hall–Kier alpha value is -2.46. The predicted molar refractivity (Wildman–Crippen MR) is 88.7 cm³/mol. The summed E-state index contributed by atoms with van der Waals surface area (Å²) < 4.78 is 5.41. The van der Waals surface area contributed by atoms with Crippen molar-refractivity contribution in [3.8, 4) is 0 Å². The SMILES string of the molecule is c1ccc2ncc(CNc3ccc4sncc4c3)cc2c1. The van der Waals surface area contributed by atoms with Crippen LogP contribution in [-0.4, -0.2) is 9.36 Å². The highest BCUT2D eigenvalue weighted by Crippen LogP contribution is 2.22. The molecule has 0 atom stereocenters. The maximum Gasteiger partial charge on any atom is 0.0702 e. The van der Waals surface area contributed by atoms with Crippen LogP contribution in [0.2, 0.25) is 0 Å². The van der Waals surface area contributed by atoms with Gasteiger partial charge in [0.1, 0.15) is 0 Å². The van der Waals surface area contributed by atoms with Crippen LogP contribution in [0.1, 0.15) is 5.56 Å². The molecule has 4 heteroatoms. The number of pyridine rings is 1. The van der Waals surface area contributed by atoms with E-state index in [9.17, 15) is 0 Å². The van der Waals surface area contributed by atoms with Gasteiger partial charge in [0.2, 0.25) is 0 Å². The molecule has 0 aliphatic carbocycles. The van der Waals surface area contributed by atoms with Gasteiger partial charge < -0.3 is 5.32 Å². The van der Waals surface area contributed by atoms with Gasteiger partial charge in [-0.15, -0.1) is 0 Å². The first kappa shape index (κ1) is 12.3. The molecule has 2 aromatic heterocycles. The second kappa shape index (κ2) is 5.14. The zero-order valence-electron chi connectivity index (χ0n) is 11.3. The molecule has 0 spiro atoms. The van der Waals surface area contributed by atoms with Gasteiger partial charge in [-0.25, -0.2) is 0 Å². The van der Waals surface area contributed by atoms with Crippen LogP contribution in [0.5, 0.6) is 0 Å². The Bertz CT molecular complexity index is 914. The Kier molecular flexibility index (Phi) is 3.01. The molecule has 3 nitrogen and oxygen atoms in total. The van der Waals surface area contributed by atoms with Gasteiger partial charge in [-0.1, -0.05) is 18.2 Å². The monoisotopic (exact) mass is 291 g/mol. The number of anilines is 1. The lowest BCUT2D eigenvalue weighted by Gasteiger charge is -2.07. The molecule has 2 heterocycles. The fraction of sp³-hybridized carbons (Fsp3) is 0.0588. The quantitative estimate of drug-likeness (QED) is 0.605. The molecule has 0 unspecified atom stereocenters. The molecular weight excluding hydrogens is 278 g/mol. The molecule has 4 aromatic rings. The first-order valence-corrected chi connectivity index (χ1v) is 7.58. The number of aromatic nitrogens is 2. The summed E-state index contributed by atoms with van der Waals surface area (Å²) in [6.07, 6.45) is 3.84. The first-order chi connectivity index (χ1) is 10.4. The van der Waals surface area contributed by atoms with Crippen LogP contribution in [0.25, 0.3) is 21.0 Å². The van der Waals surface area contributed by atoms with Gasteiger partial charge in [0.15, 0.2) is 0 Å². The Morgan fingerprint density at radius 1 is 0.952 bits per heavy atom. The van der Waals surface area contributed by atoms with Gasteiger partial charge >= 0.3 is 0 Å². The van der Waals surface area contributed by atoms with Crippen molar-refractivity contribution in [3.05, 3.63) is 66.5 Å². The summed E-state index contributed by atoms with van der Waals surface area (Å²) in [5.74, 6) is 0. The minimum atomic E-state index is 0.765. The topological polar surface area (TPSA) is 37.8 Å². The van der Waals surface area contributed by atoms with E-state index in [2.05, 4.69) is 45.0 Å². The molecule has 0 bridgehead atoms. The molecule has 0 saturated heterocycles. The average molecular weight is 291 g/mol. The second-order valence-corrected chi connectivity index (χ2v) is 5.80. The largest absolute Gasteiger partial charge is 0.381 e. The maximum atomic E-state index is 4.49. The van der Waals surface area contributed by atoms with E-state index in [0.29, 0.717) is 0 Å². The summed E-state index contributed by atoms with van der Waals surface area (Å²) in [7, 11) is 0. The molecular formula is C17H13N3S. The molecule has 0 amide bonds. The van der Waals surface area contributed by atoms with Gasteiger partial charge in [-0.3, -0.25) is 4.98 Å². The van der Waals surface area contributed by atoms with E-state index in [1.165, 1.54) is 32.6 Å². The van der Waals surface area contributed by atoms with Gasteiger partial charge in [0.05, 0.1) is 10.2 Å². The molecule has 0 saturated carbocycles. The Morgan fingerprint density at radius 2 is 1.90 bits per heavy atom. The van der Waals surface area contributed by atoms with Crippen molar-refractivity contribution in [3.63, 3.8) is 0 Å². The van der Waals surface area contributed by atoms with Crippen molar-refractivity contribution in [2.24, 2.45) is 0 Å². The van der Waals surface area contributed by atoms with Crippen LogP contribution in [0.3, 0.4) is 0 Å². The molecule has 0 fully saturated rings. The van der Waals surface area contributed by atoms with Crippen molar-refractivity contribution in [1.82, 2.24) is 9.36 Å². The van der Waals surface area contributed by atoms with Crippen molar-refractivity contribution in [1.29, 1.82) is 0 Å². The highest BCUT2D eigenvalue weighted by molar-refractivity contribution is 7.13. The van der Waals surface area contributed by atoms with Gasteiger partial charge in [-0.2, -0.15) is 4.37 Å². The number of para-hydroxylation sites is 1. The number of rotatable bonds is 3. The molecule has 21 heavy (non-hydrogen) atoms. The van der Waals surface area contributed by atoms with E-state index in [-0.39, 0.29) is 0 Å². The third-order valence-corrected chi connectivity index (χ3v) is 4.28. The molecule has 0 aliphatic heterocycles. The maximum absolute atomic E-state index is 4.49. The minimum absolute atomic E-state index is 0.765. The first-order valence-electron chi connectivity index (χ1n) is 6.80. The molecule has 2 aromatic carbocycles. The van der Waals surface area contributed by atoms with Crippen LogP contribution >= 0.6 is 11.5 Å². The third-order valence-electron chi connectivity index (χ3n) is 3.50. The highest BCUT2D eigenvalue weighted by atomic mass is 32.1. The van der Waals surface area contributed by atoms with E-state index in [0.717, 1.165) is 17.7 Å². The number of hydrogen-bond acceptors (Lipinski definition) is 4. The van der Waals surface area contributed by atoms with Crippen LogP contribution < -0.4 is 5.32 Å². The van der Waals surface area contributed by atoms with Crippen LogP contribution in [0, 0.1) is 0 Å². The van der Waals surface area contributed by atoms with Crippen molar-refractivity contribution in [2.75, 3.05) is 5.32 Å². The smallest absolute Gasteiger partial charge is 0.0702 e. The zero-order chi connectivity index (χ0) is 14.1. The fourth-order valence-corrected chi connectivity index (χ4v) is 3.03. The van der Waals surface area contributed by atoms with Crippen molar-refractivity contribution >= 4 is 38.2 Å². The summed E-state index contributed by atoms with van der Waals surface area (Å²) in [4.78, 5) is 4.49. The van der Waals surface area contributed by atoms with Crippen LogP contribution in [-0.2, 0) is 6.54 Å². The highest BCUT2D eigenvalue weighted by Gasteiger charge is 2.00. The average Bonchev–Trinajstić information content (AvgIpc) is 3.00. The van der Waals surface area contributed by atoms with E-state index < -0.39 is 0 Å². The lowest BCUT2D eigenvalue weighted by Crippen LogP contribution is -1.99. The fourth-order valence-electron chi connectivity index (χ4n) is 2.40. The number of benzene rings is 2. The number of hydrogen-bond donors (Lipinski definition) is 1. The summed E-state index contributed by atoms with van der Waals surface area (Å²) in [6, 6.07) is 16.7. The lowest BCUT2D eigenvalue weighted by atomic mass is 10.1. The van der Waals surface area contributed by atoms with Crippen LogP contribution in [0.15, 0.2) is 60.9 Å². The Morgan fingerprint density at radius 3 is 2.90 bits per heavy atom. The summed E-state index contributed by atoms with van der Waals surface area (Å²) in [6.45, 7) is 0.765. The number of nitrogens with one attached hydrogen (secondary N) is 1. The molecule has 0 aliphatic rings. The molecule has 102 valence electrons. The Labute approximate surface area is 126 Å². The standard InChI is InChI=1S/C17H13N3S/c1-2-4-16-13(3-1)7-12(10-19-16)9-18-15-5-6-17-14(8-15)11-20-21-17/h1-8,10-11,18H,9H2. The number of fused-ring (bicyclic) bond motifs is 2. The summed E-state index contributed by atoms with van der Waals surface area (Å²) in [5.41, 5.74) is 3.32. The minimum Gasteiger partial charge on any atom is -0.381 e. The molecule has 1 N–H and O–H groups in total. The van der Waals surface area contributed by atoms with Crippen molar-refractivity contribution < 1.29 is 0 Å². The lowest BCUT2D eigenvalue weighted by molar-refractivity contribution is 1.13. The predicted octanol–water partition coefficient (Wildman–Crippen LogP) is 4.46. The van der Waals surface area contributed by atoms with Crippen molar-refractivity contribution in [2.45, 2.75) is 6.54 Å². The van der Waals surface area contributed by atoms with Gasteiger partial charge in [-0.05, 0) is 47.4 Å². The summed E-state index contributed by atoms with van der Waals surface area (Å²) >= 11 is 1.52. The van der Waals surface area contributed by atoms with E-state index in [1.54, 1.807) is 0 Å². The van der Waals surface area contributed by atoms with Gasteiger partial charge in [0.25, 0.3) is 0 Å². The zero-order valence-corrected chi connectivity index (χ0v) is 12.1. The molecule has 0 radical (unpaired) electrons. The normalized spacial score (nSPS) is 11.0. The molecule has 4 rings (SSSR count). The third kappa shape index (κ3) is 2.45. The second-order valence-electron chi connectivity index (χ2n) is 4.97.